The van der Waals surface area contributed by atoms with Crippen LogP contribution in [-0.2, 0) is 27.1 Å². The second kappa shape index (κ2) is 14.5. The van der Waals surface area contributed by atoms with Gasteiger partial charge >= 0.3 is 0 Å². The van der Waals surface area contributed by atoms with Crippen LogP contribution in [0.4, 0.5) is 11.4 Å². The van der Waals surface area contributed by atoms with E-state index in [1.54, 1.807) is 12.1 Å². The predicted octanol–water partition coefficient (Wildman–Crippen LogP) is 3.31. The normalized spacial score (nSPS) is 16.2. The predicted molar refractivity (Wildman–Crippen MR) is 156 cm³/mol. The van der Waals surface area contributed by atoms with E-state index in [1.165, 1.54) is 36.4 Å². The molecule has 2 atom stereocenters. The van der Waals surface area contributed by atoms with E-state index in [4.69, 9.17) is 38.8 Å². The Bertz CT molecular complexity index is 1820. The minimum atomic E-state index is -3.99. The van der Waals surface area contributed by atoms with Gasteiger partial charge in [-0.2, -0.15) is 18.9 Å². The van der Waals surface area contributed by atoms with Crippen molar-refractivity contribution in [1.29, 1.82) is 10.5 Å². The fourth-order valence-electron chi connectivity index (χ4n) is 4.40. The molecule has 3 aromatic rings. The topological polar surface area (TPSA) is 234 Å². The van der Waals surface area contributed by atoms with Crippen LogP contribution in [0.5, 0.6) is 23.0 Å². The van der Waals surface area contributed by atoms with Crippen molar-refractivity contribution in [1.82, 2.24) is 0 Å². The molecule has 5 rings (SSSR count). The highest BCUT2D eigenvalue weighted by Crippen LogP contribution is 2.41. The first-order valence-electron chi connectivity index (χ1n) is 13.5. The van der Waals surface area contributed by atoms with Crippen molar-refractivity contribution in [2.24, 2.45) is 0 Å². The number of nitriles is 2. The van der Waals surface area contributed by atoms with Crippen LogP contribution in [0.1, 0.15) is 16.7 Å². The van der Waals surface area contributed by atoms with Crippen molar-refractivity contribution in [3.8, 4) is 35.1 Å². The van der Waals surface area contributed by atoms with Crippen LogP contribution < -0.4 is 18.9 Å². The molecule has 0 bridgehead atoms. The van der Waals surface area contributed by atoms with Gasteiger partial charge in [-0.25, -0.2) is 0 Å². The third kappa shape index (κ3) is 7.59. The zero-order chi connectivity index (χ0) is 33.4. The van der Waals surface area contributed by atoms with Crippen LogP contribution in [0, 0.1) is 49.8 Å². The molecule has 2 unspecified atom stereocenters. The summed E-state index contributed by atoms with van der Waals surface area (Å²) in [5, 5.41) is 48.8. The Morgan fingerprint density at radius 1 is 0.848 bits per heavy atom. The Hall–Kier alpha value is -5.49. The quantitative estimate of drug-likeness (QED) is 0.198. The lowest BCUT2D eigenvalue weighted by Crippen LogP contribution is -2.34. The maximum absolute atomic E-state index is 12.3. The number of ether oxygens (including phenoxy) is 4. The number of nitro benzene ring substituents is 2. The highest BCUT2D eigenvalue weighted by Gasteiger charge is 2.31. The smallest absolute Gasteiger partial charge is 0.297 e. The van der Waals surface area contributed by atoms with Crippen molar-refractivity contribution >= 4 is 21.5 Å². The first-order chi connectivity index (χ1) is 22.0. The second-order valence-corrected chi connectivity index (χ2v) is 11.4. The summed E-state index contributed by atoms with van der Waals surface area (Å²) in [7, 11) is -3.99. The number of aliphatic hydroxyl groups is 1. The Morgan fingerprint density at radius 2 is 1.33 bits per heavy atom. The van der Waals surface area contributed by atoms with Gasteiger partial charge in [-0.05, 0) is 31.2 Å². The van der Waals surface area contributed by atoms with Gasteiger partial charge in [-0.15, -0.1) is 0 Å². The lowest BCUT2D eigenvalue weighted by molar-refractivity contribution is -0.385. The average molecular weight is 655 g/mol. The molecule has 0 aliphatic carbocycles. The molecule has 2 heterocycles. The van der Waals surface area contributed by atoms with Gasteiger partial charge in [-0.3, -0.25) is 24.4 Å². The van der Waals surface area contributed by atoms with E-state index in [0.717, 1.165) is 5.56 Å². The fourth-order valence-corrected chi connectivity index (χ4v) is 5.33. The third-order valence-corrected chi connectivity index (χ3v) is 7.94. The molecule has 17 heteroatoms. The number of fused-ring (bicyclic) bond motifs is 2. The molecule has 0 saturated heterocycles. The van der Waals surface area contributed by atoms with Crippen LogP contribution in [0.25, 0.3) is 0 Å². The number of hydrogen-bond acceptors (Lipinski definition) is 14. The molecule has 0 saturated carbocycles. The highest BCUT2D eigenvalue weighted by atomic mass is 32.2. The summed E-state index contributed by atoms with van der Waals surface area (Å²) in [5.41, 5.74) is 0.718. The van der Waals surface area contributed by atoms with E-state index in [-0.39, 0.29) is 83.9 Å². The van der Waals surface area contributed by atoms with Gasteiger partial charge in [-0.1, -0.05) is 17.7 Å². The lowest BCUT2D eigenvalue weighted by Gasteiger charge is -2.27. The number of nitro groups is 2. The lowest BCUT2D eigenvalue weighted by atomic mass is 10.1. The van der Waals surface area contributed by atoms with Gasteiger partial charge in [0.05, 0.1) is 57.5 Å². The number of benzene rings is 3. The first-order valence-corrected chi connectivity index (χ1v) is 14.9. The van der Waals surface area contributed by atoms with Gasteiger partial charge in [0.15, 0.2) is 35.2 Å². The highest BCUT2D eigenvalue weighted by molar-refractivity contribution is 7.86. The summed E-state index contributed by atoms with van der Waals surface area (Å²) in [4.78, 5) is 20.9. The maximum Gasteiger partial charge on any atom is 0.297 e. The molecular formula is C29H26N4O12S. The van der Waals surface area contributed by atoms with Crippen molar-refractivity contribution in [3.05, 3.63) is 85.4 Å². The van der Waals surface area contributed by atoms with Crippen molar-refractivity contribution in [2.45, 2.75) is 36.9 Å². The molecule has 0 amide bonds. The largest absolute Gasteiger partial charge is 0.486 e. The van der Waals surface area contributed by atoms with Crippen molar-refractivity contribution in [2.75, 3.05) is 26.4 Å². The Labute approximate surface area is 262 Å². The monoisotopic (exact) mass is 654 g/mol. The number of hydrogen-bond donors (Lipinski definition) is 1. The summed E-state index contributed by atoms with van der Waals surface area (Å²) < 4.78 is 51.6. The maximum atomic E-state index is 12.3. The summed E-state index contributed by atoms with van der Waals surface area (Å²) in [5.74, 6) is 0.850. The molecule has 1 N–H and O–H groups in total. The summed E-state index contributed by atoms with van der Waals surface area (Å²) in [6.45, 7) is 1.41. The van der Waals surface area contributed by atoms with Crippen LogP contribution in [0.2, 0.25) is 0 Å². The van der Waals surface area contributed by atoms with E-state index in [0.29, 0.717) is 5.75 Å². The molecular weight excluding hydrogens is 628 g/mol. The van der Waals surface area contributed by atoms with E-state index in [9.17, 15) is 28.6 Å². The van der Waals surface area contributed by atoms with Crippen LogP contribution in [0.15, 0.2) is 53.4 Å². The Balaban J connectivity index is 0.000000230. The molecule has 0 fully saturated rings. The van der Waals surface area contributed by atoms with Gasteiger partial charge in [0, 0.05) is 12.1 Å². The van der Waals surface area contributed by atoms with Crippen LogP contribution in [0.3, 0.4) is 0 Å². The molecule has 0 radical (unpaired) electrons. The van der Waals surface area contributed by atoms with E-state index < -0.39 is 32.2 Å². The van der Waals surface area contributed by atoms with Gasteiger partial charge in [0.2, 0.25) is 0 Å². The molecule has 2 aliphatic rings. The number of aryl methyl sites for hydroxylation is 1. The van der Waals surface area contributed by atoms with E-state index in [2.05, 4.69) is 0 Å². The van der Waals surface area contributed by atoms with Gasteiger partial charge < -0.3 is 24.1 Å². The van der Waals surface area contributed by atoms with E-state index in [1.807, 2.05) is 19.1 Å². The summed E-state index contributed by atoms with van der Waals surface area (Å²) in [6, 6.07) is 15.2. The number of nitrogens with zero attached hydrogens (tertiary/aromatic N) is 4. The fraction of sp³-hybridized carbons (Fsp3) is 0.310. The molecule has 16 nitrogen and oxygen atoms in total. The number of rotatable bonds is 9. The first kappa shape index (κ1) is 33.4. The van der Waals surface area contributed by atoms with E-state index >= 15 is 0 Å². The molecule has 2 aliphatic heterocycles. The molecule has 240 valence electrons. The third-order valence-electron chi connectivity index (χ3n) is 6.65. The zero-order valence-electron chi connectivity index (χ0n) is 24.2. The Morgan fingerprint density at radius 3 is 1.78 bits per heavy atom. The second-order valence-electron chi connectivity index (χ2n) is 9.80. The zero-order valence-corrected chi connectivity index (χ0v) is 25.0. The number of aliphatic hydroxyl groups excluding tert-OH is 1. The molecule has 3 aromatic carbocycles. The van der Waals surface area contributed by atoms with Crippen LogP contribution in [-0.4, -0.2) is 62.0 Å². The minimum absolute atomic E-state index is 0.000221. The SMILES string of the molecule is Cc1ccc(S(=O)(=O)OCC2COc3ccc([N+](=O)[O-])c(CC#N)c3O2)cc1.N#CCc1c([N+](=O)[O-])ccc2c1OC(CO)CO2. The standard InChI is InChI=1S/C18H16N2O7S.C11H10N2O5/c1-12-2-4-14(5-3-12)28(23,24)26-11-13-10-25-17-7-6-16(20(21)22)15(8-9-19)18(17)27-13;12-4-3-8-9(13(15)16)1-2-10-11(8)18-7(5-14)6-17-10/h2-7,13H,8,10-11H2,1H3;1-2,7,14H,3,5-6H2. The summed E-state index contributed by atoms with van der Waals surface area (Å²) >= 11 is 0. The Kier molecular flexibility index (Phi) is 10.5. The molecule has 0 aromatic heterocycles. The van der Waals surface area contributed by atoms with Crippen molar-refractivity contribution in [3.63, 3.8) is 0 Å². The molecule has 0 spiro atoms. The van der Waals surface area contributed by atoms with Crippen LogP contribution >= 0.6 is 0 Å². The molecule has 46 heavy (non-hydrogen) atoms. The minimum Gasteiger partial charge on any atom is -0.486 e. The van der Waals surface area contributed by atoms with Gasteiger partial charge in [0.1, 0.15) is 19.8 Å². The van der Waals surface area contributed by atoms with Crippen molar-refractivity contribution < 1.29 is 46.5 Å². The average Bonchev–Trinajstić information content (AvgIpc) is 3.04. The summed E-state index contributed by atoms with van der Waals surface area (Å²) in [6.07, 6.45) is -1.79. The van der Waals surface area contributed by atoms with Gasteiger partial charge in [0.25, 0.3) is 21.5 Å².